The number of ether oxygens (including phenoxy) is 1. The number of aryl methyl sites for hydroxylation is 1. The summed E-state index contributed by atoms with van der Waals surface area (Å²) in [5, 5.41) is 0. The highest BCUT2D eigenvalue weighted by Crippen LogP contribution is 2.27. The van der Waals surface area contributed by atoms with Crippen LogP contribution in [-0.2, 0) is 0 Å². The summed E-state index contributed by atoms with van der Waals surface area (Å²) < 4.78 is 8.49. The summed E-state index contributed by atoms with van der Waals surface area (Å²) in [6.45, 7) is 6.64. The van der Waals surface area contributed by atoms with Crippen LogP contribution in [0.4, 0.5) is 5.69 Å². The molecule has 0 amide bonds. The van der Waals surface area contributed by atoms with Crippen LogP contribution in [0.1, 0.15) is 18.1 Å². The van der Waals surface area contributed by atoms with Gasteiger partial charge in [0.25, 0.3) is 0 Å². The van der Waals surface area contributed by atoms with Crippen LogP contribution in [0.3, 0.4) is 0 Å². The fraction of sp³-hybridized carbons (Fsp3) is 0.444. The van der Waals surface area contributed by atoms with Crippen molar-refractivity contribution in [3.05, 3.63) is 17.3 Å². The summed E-state index contributed by atoms with van der Waals surface area (Å²) >= 11 is 2.12. The van der Waals surface area contributed by atoms with Gasteiger partial charge < -0.3 is 8.27 Å². The molecule has 0 saturated heterocycles. The molecule has 0 aliphatic rings. The Morgan fingerprint density at radius 1 is 1.54 bits per heavy atom. The molecule has 0 aliphatic carbocycles. The molecule has 0 saturated carbocycles. The number of hydrogen-bond donors (Lipinski definition) is 1. The fourth-order valence-corrected chi connectivity index (χ4v) is 1.98. The molecular weight excluding hydrogens is 279 g/mol. The Kier molecular flexibility index (Phi) is 3.77. The summed E-state index contributed by atoms with van der Waals surface area (Å²) in [6, 6.07) is 0. The van der Waals surface area contributed by atoms with Crippen molar-refractivity contribution in [1.29, 1.82) is 0 Å². The van der Waals surface area contributed by atoms with Gasteiger partial charge in [-0.25, -0.2) is 4.98 Å². The molecule has 0 aliphatic heterocycles. The van der Waals surface area contributed by atoms with Crippen LogP contribution in [0.15, 0.2) is 6.20 Å². The molecule has 1 rings (SSSR count). The summed E-state index contributed by atoms with van der Waals surface area (Å²) in [6.07, 6.45) is 1.82. The maximum Gasteiger partial charge on any atom is 0.218 e. The predicted molar refractivity (Wildman–Crippen MR) is 62.5 cm³/mol. The van der Waals surface area contributed by atoms with Gasteiger partial charge in [0.1, 0.15) is 0 Å². The van der Waals surface area contributed by atoms with Gasteiger partial charge in [0, 0.05) is 11.8 Å². The van der Waals surface area contributed by atoms with Gasteiger partial charge in [-0.2, -0.15) is 0 Å². The summed E-state index contributed by atoms with van der Waals surface area (Å²) in [5.41, 5.74) is 3.30. The number of rotatable bonds is 3. The van der Waals surface area contributed by atoms with Crippen LogP contribution < -0.4 is 8.27 Å². The maximum absolute atomic E-state index is 5.38. The third-order valence-electron chi connectivity index (χ3n) is 1.84. The molecule has 0 bridgehead atoms. The van der Waals surface area contributed by atoms with Gasteiger partial charge in [-0.1, -0.05) is 0 Å². The summed E-state index contributed by atoms with van der Waals surface area (Å²) in [7, 11) is 0. The van der Waals surface area contributed by atoms with Crippen molar-refractivity contribution >= 4 is 28.6 Å². The zero-order valence-electron chi connectivity index (χ0n) is 8.02. The number of hydrogen-bond acceptors (Lipinski definition) is 3. The molecule has 4 heteroatoms. The zero-order valence-corrected chi connectivity index (χ0v) is 10.2. The van der Waals surface area contributed by atoms with E-state index >= 15 is 0 Å². The average Bonchev–Trinajstić information content (AvgIpc) is 2.11. The molecule has 0 atom stereocenters. The summed E-state index contributed by atoms with van der Waals surface area (Å²) in [5.74, 6) is 0.715. The molecule has 13 heavy (non-hydrogen) atoms. The number of pyridine rings is 1. The molecule has 1 aromatic heterocycles. The van der Waals surface area contributed by atoms with Crippen molar-refractivity contribution in [1.82, 2.24) is 4.98 Å². The highest BCUT2D eigenvalue weighted by atomic mass is 127. The molecule has 0 fully saturated rings. The molecule has 72 valence electrons. The minimum absolute atomic E-state index is 0.650. The van der Waals surface area contributed by atoms with Crippen molar-refractivity contribution < 1.29 is 4.74 Å². The summed E-state index contributed by atoms with van der Waals surface area (Å²) in [4.78, 5) is 4.21. The molecular formula is C9H13IN2O. The van der Waals surface area contributed by atoms with E-state index in [-0.39, 0.29) is 0 Å². The van der Waals surface area contributed by atoms with Gasteiger partial charge in [-0.05, 0) is 26.3 Å². The minimum atomic E-state index is 0.650. The van der Waals surface area contributed by atoms with Crippen molar-refractivity contribution in [2.45, 2.75) is 20.8 Å². The third-order valence-corrected chi connectivity index (χ3v) is 2.38. The predicted octanol–water partition coefficient (Wildman–Crippen LogP) is 2.86. The molecule has 0 aromatic carbocycles. The molecule has 3 nitrogen and oxygen atoms in total. The molecule has 0 spiro atoms. The van der Waals surface area contributed by atoms with Gasteiger partial charge in [0.05, 0.1) is 35.2 Å². The maximum atomic E-state index is 5.38. The van der Waals surface area contributed by atoms with Gasteiger partial charge in [0.2, 0.25) is 5.88 Å². The van der Waals surface area contributed by atoms with Crippen molar-refractivity contribution in [2.24, 2.45) is 0 Å². The van der Waals surface area contributed by atoms with Crippen LogP contribution in [0.2, 0.25) is 0 Å². The van der Waals surface area contributed by atoms with Gasteiger partial charge >= 0.3 is 0 Å². The van der Waals surface area contributed by atoms with Crippen molar-refractivity contribution in [3.8, 4) is 5.88 Å². The normalized spacial score (nSPS) is 9.85. The van der Waals surface area contributed by atoms with E-state index in [2.05, 4.69) is 31.4 Å². The van der Waals surface area contributed by atoms with Gasteiger partial charge in [-0.3, -0.25) is 0 Å². The SMILES string of the molecule is CCOc1ncc(C)c(NI)c1C. The minimum Gasteiger partial charge on any atom is -0.478 e. The second kappa shape index (κ2) is 4.64. The van der Waals surface area contributed by atoms with E-state index < -0.39 is 0 Å². The van der Waals surface area contributed by atoms with Gasteiger partial charge in [0.15, 0.2) is 0 Å². The van der Waals surface area contributed by atoms with E-state index in [9.17, 15) is 0 Å². The van der Waals surface area contributed by atoms with E-state index in [1.807, 2.05) is 27.0 Å². The van der Waals surface area contributed by atoms with Crippen LogP contribution in [0, 0.1) is 13.8 Å². The van der Waals surface area contributed by atoms with Gasteiger partial charge in [-0.15, -0.1) is 0 Å². The Morgan fingerprint density at radius 3 is 2.77 bits per heavy atom. The quantitative estimate of drug-likeness (QED) is 0.687. The first kappa shape index (κ1) is 10.6. The Balaban J connectivity index is 3.11. The molecule has 1 heterocycles. The third kappa shape index (κ3) is 2.24. The smallest absolute Gasteiger partial charge is 0.218 e. The van der Waals surface area contributed by atoms with Crippen LogP contribution in [-0.4, -0.2) is 11.6 Å². The topological polar surface area (TPSA) is 34.1 Å². The molecule has 1 N–H and O–H groups in total. The molecule has 0 unspecified atom stereocenters. The first-order valence-electron chi connectivity index (χ1n) is 4.16. The van der Waals surface area contributed by atoms with E-state index in [1.54, 1.807) is 0 Å². The van der Waals surface area contributed by atoms with E-state index in [4.69, 9.17) is 4.74 Å². The lowest BCUT2D eigenvalue weighted by Crippen LogP contribution is -2.00. The molecule has 1 aromatic rings. The first-order chi connectivity index (χ1) is 6.20. The lowest BCUT2D eigenvalue weighted by Gasteiger charge is -2.11. The highest BCUT2D eigenvalue weighted by Gasteiger charge is 2.07. The first-order valence-corrected chi connectivity index (χ1v) is 5.24. The number of nitrogens with zero attached hydrogens (tertiary/aromatic N) is 1. The number of halogens is 1. The van der Waals surface area contributed by atoms with Crippen molar-refractivity contribution in [3.63, 3.8) is 0 Å². The van der Waals surface area contributed by atoms with Crippen molar-refractivity contribution in [2.75, 3.05) is 10.1 Å². The van der Waals surface area contributed by atoms with Crippen LogP contribution >= 0.6 is 22.9 Å². The fourth-order valence-electron chi connectivity index (χ4n) is 1.15. The largest absolute Gasteiger partial charge is 0.478 e. The Bertz CT molecular complexity index is 302. The van der Waals surface area contributed by atoms with E-state index in [1.165, 1.54) is 0 Å². The van der Waals surface area contributed by atoms with Crippen LogP contribution in [0.25, 0.3) is 0 Å². The zero-order chi connectivity index (χ0) is 9.84. The standard InChI is InChI=1S/C9H13IN2O/c1-4-13-9-7(3)8(12-10)6(2)5-11-9/h5H,4H2,1-3H3,(H,11,12). The number of aromatic nitrogens is 1. The van der Waals surface area contributed by atoms with E-state index in [0.717, 1.165) is 16.8 Å². The second-order valence-electron chi connectivity index (χ2n) is 2.77. The highest BCUT2D eigenvalue weighted by molar-refractivity contribution is 14.1. The lowest BCUT2D eigenvalue weighted by atomic mass is 10.2. The Hall–Kier alpha value is -0.520. The lowest BCUT2D eigenvalue weighted by molar-refractivity contribution is 0.324. The Labute approximate surface area is 92.4 Å². The van der Waals surface area contributed by atoms with E-state index in [0.29, 0.717) is 12.5 Å². The monoisotopic (exact) mass is 292 g/mol. The van der Waals surface area contributed by atoms with Crippen LogP contribution in [0.5, 0.6) is 5.88 Å². The second-order valence-corrected chi connectivity index (χ2v) is 3.31. The average molecular weight is 292 g/mol. The molecule has 0 radical (unpaired) electrons. The number of anilines is 1. The Morgan fingerprint density at radius 2 is 2.23 bits per heavy atom. The number of nitrogens with one attached hydrogen (secondary N) is 1.